The molecule has 0 bridgehead atoms. The highest BCUT2D eigenvalue weighted by molar-refractivity contribution is 8.00. The summed E-state index contributed by atoms with van der Waals surface area (Å²) >= 11 is 1.53. The molecule has 5 nitrogen and oxygen atoms in total. The number of aryl methyl sites for hydroxylation is 1. The van der Waals surface area contributed by atoms with Gasteiger partial charge in [0.2, 0.25) is 5.91 Å². The average Bonchev–Trinajstić information content (AvgIpc) is 3.41. The highest BCUT2D eigenvalue weighted by Gasteiger charge is 2.29. The minimum absolute atomic E-state index is 0.0751. The van der Waals surface area contributed by atoms with E-state index in [2.05, 4.69) is 18.2 Å². The molecule has 0 radical (unpaired) electrons. The highest BCUT2D eigenvalue weighted by Crippen LogP contribution is 2.39. The molecule has 34 heavy (non-hydrogen) atoms. The van der Waals surface area contributed by atoms with Crippen LogP contribution in [0.4, 0.5) is 0 Å². The predicted octanol–water partition coefficient (Wildman–Crippen LogP) is 5.14. The second kappa shape index (κ2) is 9.63. The van der Waals surface area contributed by atoms with Gasteiger partial charge in [-0.05, 0) is 60.6 Å². The Balaban J connectivity index is 1.43. The van der Waals surface area contributed by atoms with Crippen LogP contribution in [0.25, 0.3) is 11.1 Å². The van der Waals surface area contributed by atoms with Crippen molar-refractivity contribution in [3.63, 3.8) is 0 Å². The summed E-state index contributed by atoms with van der Waals surface area (Å²) in [6, 6.07) is 18.2. The number of rotatable bonds is 5. The Kier molecular flexibility index (Phi) is 6.42. The number of hydrogen-bond donors (Lipinski definition) is 0. The molecule has 0 saturated carbocycles. The number of nitrogens with zero attached hydrogens (tertiary/aromatic N) is 3. The van der Waals surface area contributed by atoms with Crippen molar-refractivity contribution in [1.29, 1.82) is 0 Å². The van der Waals surface area contributed by atoms with Gasteiger partial charge in [-0.1, -0.05) is 54.2 Å². The summed E-state index contributed by atoms with van der Waals surface area (Å²) in [6.45, 7) is 4.47. The van der Waals surface area contributed by atoms with Gasteiger partial charge in [-0.2, -0.15) is 0 Å². The van der Waals surface area contributed by atoms with E-state index in [4.69, 9.17) is 4.98 Å². The van der Waals surface area contributed by atoms with Crippen molar-refractivity contribution >= 4 is 23.6 Å². The lowest BCUT2D eigenvalue weighted by Crippen LogP contribution is -2.34. The zero-order valence-corrected chi connectivity index (χ0v) is 20.5. The third-order valence-electron chi connectivity index (χ3n) is 6.74. The van der Waals surface area contributed by atoms with Gasteiger partial charge < -0.3 is 9.80 Å². The van der Waals surface area contributed by atoms with E-state index in [1.165, 1.54) is 11.8 Å². The molecule has 1 aromatic heterocycles. The smallest absolute Gasteiger partial charge is 0.253 e. The van der Waals surface area contributed by atoms with E-state index in [1.807, 2.05) is 61.5 Å². The van der Waals surface area contributed by atoms with Gasteiger partial charge in [0.05, 0.1) is 5.03 Å². The SMILES string of the molecule is Cc1cc(-c2ccc3c(c2)C(=O)N(C)CC3)cnc1SC(C(=O)N1CCCC1)c1ccccc1. The Morgan fingerprint density at radius 3 is 2.50 bits per heavy atom. The number of thioether (sulfide) groups is 1. The van der Waals surface area contributed by atoms with Crippen molar-refractivity contribution in [2.75, 3.05) is 26.7 Å². The van der Waals surface area contributed by atoms with E-state index in [-0.39, 0.29) is 17.1 Å². The van der Waals surface area contributed by atoms with Gasteiger partial charge in [0.25, 0.3) is 5.91 Å². The summed E-state index contributed by atoms with van der Waals surface area (Å²) in [5.41, 5.74) is 5.89. The molecule has 0 N–H and O–H groups in total. The lowest BCUT2D eigenvalue weighted by atomic mass is 9.94. The number of carbonyl (C=O) groups excluding carboxylic acids is 2. The minimum atomic E-state index is -0.312. The minimum Gasteiger partial charge on any atom is -0.341 e. The van der Waals surface area contributed by atoms with Crippen LogP contribution in [0, 0.1) is 6.92 Å². The van der Waals surface area contributed by atoms with E-state index >= 15 is 0 Å². The summed E-state index contributed by atoms with van der Waals surface area (Å²) in [6.07, 6.45) is 4.89. The summed E-state index contributed by atoms with van der Waals surface area (Å²) in [5.74, 6) is 0.238. The lowest BCUT2D eigenvalue weighted by molar-refractivity contribution is -0.129. The van der Waals surface area contributed by atoms with Gasteiger partial charge >= 0.3 is 0 Å². The third kappa shape index (κ3) is 4.47. The third-order valence-corrected chi connectivity index (χ3v) is 8.10. The number of fused-ring (bicyclic) bond motifs is 1. The van der Waals surface area contributed by atoms with Crippen LogP contribution in [-0.2, 0) is 11.2 Å². The molecule has 1 unspecified atom stereocenters. The number of likely N-dealkylation sites (N-methyl/N-ethyl adjacent to an activating group) is 1. The summed E-state index contributed by atoms with van der Waals surface area (Å²) in [5, 5.41) is 0.548. The number of hydrogen-bond acceptors (Lipinski definition) is 4. The Labute approximate surface area is 205 Å². The molecule has 0 spiro atoms. The van der Waals surface area contributed by atoms with Crippen LogP contribution in [0.1, 0.15) is 45.1 Å². The normalized spacial score (nSPS) is 16.5. The van der Waals surface area contributed by atoms with Gasteiger partial charge in [-0.3, -0.25) is 9.59 Å². The Morgan fingerprint density at radius 1 is 1.00 bits per heavy atom. The standard InChI is InChI=1S/C28H29N3O2S/c1-19-16-23(22-11-10-20-12-15-30(2)27(32)24(20)17-22)18-29-26(19)34-25(21-8-4-3-5-9-21)28(33)31-13-6-7-14-31/h3-5,8-11,16-18,25H,6-7,12-15H2,1-2H3. The van der Waals surface area contributed by atoms with Crippen molar-refractivity contribution in [3.05, 3.63) is 83.0 Å². The molecule has 1 saturated heterocycles. The second-order valence-electron chi connectivity index (χ2n) is 9.14. The van der Waals surface area contributed by atoms with Crippen LogP contribution in [0.15, 0.2) is 65.8 Å². The molecule has 1 atom stereocenters. The first-order chi connectivity index (χ1) is 16.5. The molecule has 2 aromatic carbocycles. The van der Waals surface area contributed by atoms with Crippen LogP contribution < -0.4 is 0 Å². The molecule has 0 aliphatic carbocycles. The molecule has 1 fully saturated rings. The molecular formula is C28H29N3O2S. The lowest BCUT2D eigenvalue weighted by Gasteiger charge is -2.25. The van der Waals surface area contributed by atoms with Gasteiger partial charge in [0.1, 0.15) is 5.25 Å². The molecule has 2 aliphatic heterocycles. The first kappa shape index (κ1) is 22.7. The second-order valence-corrected chi connectivity index (χ2v) is 10.2. The van der Waals surface area contributed by atoms with Crippen LogP contribution in [0.5, 0.6) is 0 Å². The number of amides is 2. The summed E-state index contributed by atoms with van der Waals surface area (Å²) in [4.78, 5) is 34.5. The number of likely N-dealkylation sites (tertiary alicyclic amines) is 1. The molecule has 2 aliphatic rings. The zero-order valence-electron chi connectivity index (χ0n) is 19.7. The maximum absolute atomic E-state index is 13.4. The molecular weight excluding hydrogens is 442 g/mol. The fourth-order valence-corrected chi connectivity index (χ4v) is 5.84. The summed E-state index contributed by atoms with van der Waals surface area (Å²) < 4.78 is 0. The van der Waals surface area contributed by atoms with Gasteiger partial charge in [-0.15, -0.1) is 0 Å². The van der Waals surface area contributed by atoms with E-state index in [0.717, 1.165) is 77.3 Å². The van der Waals surface area contributed by atoms with E-state index in [1.54, 1.807) is 4.90 Å². The van der Waals surface area contributed by atoms with Gasteiger partial charge in [0, 0.05) is 44.0 Å². The highest BCUT2D eigenvalue weighted by atomic mass is 32.2. The fraction of sp³-hybridized carbons (Fsp3) is 0.321. The average molecular weight is 472 g/mol. The van der Waals surface area contributed by atoms with Gasteiger partial charge in [-0.25, -0.2) is 4.98 Å². The molecule has 5 rings (SSSR count). The number of pyridine rings is 1. The molecule has 174 valence electrons. The van der Waals surface area contributed by atoms with Crippen molar-refractivity contribution in [3.8, 4) is 11.1 Å². The molecule has 3 aromatic rings. The summed E-state index contributed by atoms with van der Waals surface area (Å²) in [7, 11) is 1.85. The van der Waals surface area contributed by atoms with Crippen LogP contribution >= 0.6 is 11.8 Å². The quantitative estimate of drug-likeness (QED) is 0.484. The molecule has 2 amide bonds. The monoisotopic (exact) mass is 471 g/mol. The van der Waals surface area contributed by atoms with Gasteiger partial charge in [0.15, 0.2) is 0 Å². The molecule has 3 heterocycles. The van der Waals surface area contributed by atoms with Crippen LogP contribution in [0.3, 0.4) is 0 Å². The maximum Gasteiger partial charge on any atom is 0.253 e. The first-order valence-corrected chi connectivity index (χ1v) is 12.7. The first-order valence-electron chi connectivity index (χ1n) is 11.9. The number of aromatic nitrogens is 1. The predicted molar refractivity (Wildman–Crippen MR) is 136 cm³/mol. The topological polar surface area (TPSA) is 53.5 Å². The van der Waals surface area contributed by atoms with E-state index in [0.29, 0.717) is 0 Å². The van der Waals surface area contributed by atoms with E-state index < -0.39 is 0 Å². The van der Waals surface area contributed by atoms with Crippen molar-refractivity contribution in [1.82, 2.24) is 14.8 Å². The fourth-order valence-electron chi connectivity index (χ4n) is 4.72. The van der Waals surface area contributed by atoms with Crippen molar-refractivity contribution in [2.24, 2.45) is 0 Å². The number of carbonyl (C=O) groups is 2. The Bertz CT molecular complexity index is 1220. The molecule has 6 heteroatoms. The van der Waals surface area contributed by atoms with Crippen molar-refractivity contribution in [2.45, 2.75) is 36.5 Å². The Hall–Kier alpha value is -3.12. The van der Waals surface area contributed by atoms with Crippen LogP contribution in [-0.4, -0.2) is 53.3 Å². The zero-order chi connectivity index (χ0) is 23.7. The largest absolute Gasteiger partial charge is 0.341 e. The Morgan fingerprint density at radius 2 is 1.76 bits per heavy atom. The van der Waals surface area contributed by atoms with E-state index in [9.17, 15) is 9.59 Å². The maximum atomic E-state index is 13.4. The van der Waals surface area contributed by atoms with Crippen molar-refractivity contribution < 1.29 is 9.59 Å². The van der Waals surface area contributed by atoms with Crippen LogP contribution in [0.2, 0.25) is 0 Å². The number of benzene rings is 2.